The number of hydrogen-bond donors (Lipinski definition) is 0. The highest BCUT2D eigenvalue weighted by molar-refractivity contribution is 5.81. The number of halogens is 1. The molecule has 0 saturated carbocycles. The number of methoxy groups -OCH3 is 1. The lowest BCUT2D eigenvalue weighted by Crippen LogP contribution is -1.95. The zero-order chi connectivity index (χ0) is 12.4. The van der Waals surface area contributed by atoms with Gasteiger partial charge in [0.25, 0.3) is 0 Å². The van der Waals surface area contributed by atoms with Crippen LogP contribution in [0, 0.1) is 28.5 Å². The highest BCUT2D eigenvalue weighted by Crippen LogP contribution is 2.39. The van der Waals surface area contributed by atoms with Crippen LogP contribution in [0.5, 0.6) is 5.75 Å². The van der Waals surface area contributed by atoms with Gasteiger partial charge in [-0.25, -0.2) is 4.39 Å². The standard InChI is InChI=1S/C13H9FN2O/c1-17-11-5-3-8-2-4-10(9(6-15)7-16)12(8)13(11)14/h3,5H,2,4H2,1H3. The molecule has 1 aliphatic carbocycles. The van der Waals surface area contributed by atoms with Crippen LogP contribution in [-0.4, -0.2) is 7.11 Å². The smallest absolute Gasteiger partial charge is 0.172 e. The Morgan fingerprint density at radius 1 is 1.29 bits per heavy atom. The summed E-state index contributed by atoms with van der Waals surface area (Å²) in [6, 6.07) is 6.96. The second kappa shape index (κ2) is 4.27. The molecule has 0 saturated heterocycles. The van der Waals surface area contributed by atoms with Crippen LogP contribution in [0.2, 0.25) is 0 Å². The van der Waals surface area contributed by atoms with Gasteiger partial charge in [-0.3, -0.25) is 0 Å². The minimum Gasteiger partial charge on any atom is -0.494 e. The molecule has 0 N–H and O–H groups in total. The maximum Gasteiger partial charge on any atom is 0.172 e. The number of ether oxygens (including phenoxy) is 1. The minimum atomic E-state index is -0.486. The SMILES string of the molecule is COc1ccc2c(c1F)C(=C(C#N)C#N)CC2. The van der Waals surface area contributed by atoms with Crippen molar-refractivity contribution in [2.45, 2.75) is 12.8 Å². The number of benzene rings is 1. The number of nitrogens with zero attached hydrogens (tertiary/aromatic N) is 2. The van der Waals surface area contributed by atoms with Gasteiger partial charge >= 0.3 is 0 Å². The fraction of sp³-hybridized carbons (Fsp3) is 0.231. The third-order valence-corrected chi connectivity index (χ3v) is 2.88. The Bertz CT molecular complexity index is 575. The Kier molecular flexibility index (Phi) is 2.80. The first kappa shape index (κ1) is 11.2. The van der Waals surface area contributed by atoms with E-state index in [1.54, 1.807) is 12.1 Å². The van der Waals surface area contributed by atoms with Crippen LogP contribution in [0.1, 0.15) is 17.5 Å². The molecule has 2 rings (SSSR count). The molecule has 0 unspecified atom stereocenters. The summed E-state index contributed by atoms with van der Waals surface area (Å²) in [6.07, 6.45) is 1.17. The molecule has 0 radical (unpaired) electrons. The molecule has 0 atom stereocenters. The van der Waals surface area contributed by atoms with E-state index in [-0.39, 0.29) is 11.3 Å². The summed E-state index contributed by atoms with van der Waals surface area (Å²) in [5.41, 5.74) is 1.65. The van der Waals surface area contributed by atoms with Crippen LogP contribution in [-0.2, 0) is 6.42 Å². The number of hydrogen-bond acceptors (Lipinski definition) is 3. The van der Waals surface area contributed by atoms with Gasteiger partial charge in [0, 0.05) is 5.56 Å². The van der Waals surface area contributed by atoms with E-state index in [9.17, 15) is 4.39 Å². The van der Waals surface area contributed by atoms with Crippen LogP contribution in [0.3, 0.4) is 0 Å². The van der Waals surface area contributed by atoms with Crippen LogP contribution >= 0.6 is 0 Å². The third-order valence-electron chi connectivity index (χ3n) is 2.88. The number of aryl methyl sites for hydroxylation is 1. The van der Waals surface area contributed by atoms with Crippen molar-refractivity contribution in [3.63, 3.8) is 0 Å². The van der Waals surface area contributed by atoms with Crippen molar-refractivity contribution in [1.82, 2.24) is 0 Å². The van der Waals surface area contributed by atoms with Gasteiger partial charge in [0.15, 0.2) is 11.6 Å². The molecule has 1 aliphatic rings. The van der Waals surface area contributed by atoms with Gasteiger partial charge in [-0.2, -0.15) is 10.5 Å². The van der Waals surface area contributed by atoms with Crippen molar-refractivity contribution in [3.8, 4) is 17.9 Å². The second-order valence-electron chi connectivity index (χ2n) is 3.69. The normalized spacial score (nSPS) is 12.6. The Labute approximate surface area is 98.4 Å². The predicted octanol–water partition coefficient (Wildman–Crippen LogP) is 2.58. The first-order chi connectivity index (χ1) is 8.22. The molecule has 1 aromatic rings. The Morgan fingerprint density at radius 3 is 2.59 bits per heavy atom. The van der Waals surface area contributed by atoms with Crippen molar-refractivity contribution < 1.29 is 9.13 Å². The molecule has 3 nitrogen and oxygen atoms in total. The maximum atomic E-state index is 14.1. The van der Waals surface area contributed by atoms with Crippen molar-refractivity contribution in [1.29, 1.82) is 10.5 Å². The van der Waals surface area contributed by atoms with Crippen molar-refractivity contribution >= 4 is 5.57 Å². The molecule has 0 bridgehead atoms. The number of fused-ring (bicyclic) bond motifs is 1. The van der Waals surface area contributed by atoms with Crippen LogP contribution in [0.25, 0.3) is 5.57 Å². The van der Waals surface area contributed by atoms with Crippen LogP contribution in [0.4, 0.5) is 4.39 Å². The van der Waals surface area contributed by atoms with Gasteiger partial charge < -0.3 is 4.74 Å². The molecular formula is C13H9FN2O. The second-order valence-corrected chi connectivity index (χ2v) is 3.69. The highest BCUT2D eigenvalue weighted by Gasteiger charge is 2.25. The zero-order valence-electron chi connectivity index (χ0n) is 9.25. The van der Waals surface area contributed by atoms with Gasteiger partial charge in [0.1, 0.15) is 17.7 Å². The molecular weight excluding hydrogens is 219 g/mol. The van der Waals surface area contributed by atoms with Gasteiger partial charge in [-0.1, -0.05) is 6.07 Å². The zero-order valence-corrected chi connectivity index (χ0v) is 9.25. The monoisotopic (exact) mass is 228 g/mol. The molecule has 1 aromatic carbocycles. The van der Waals surface area contributed by atoms with Gasteiger partial charge in [-0.15, -0.1) is 0 Å². The van der Waals surface area contributed by atoms with Crippen molar-refractivity contribution in [3.05, 3.63) is 34.6 Å². The fourth-order valence-electron chi connectivity index (χ4n) is 2.08. The summed E-state index contributed by atoms with van der Waals surface area (Å²) >= 11 is 0. The van der Waals surface area contributed by atoms with E-state index in [2.05, 4.69) is 0 Å². The average molecular weight is 228 g/mol. The molecule has 0 aromatic heterocycles. The summed E-state index contributed by atoms with van der Waals surface area (Å²) in [5.74, 6) is -0.348. The largest absolute Gasteiger partial charge is 0.494 e. The van der Waals surface area contributed by atoms with E-state index in [0.717, 1.165) is 5.56 Å². The third kappa shape index (κ3) is 1.64. The highest BCUT2D eigenvalue weighted by atomic mass is 19.1. The van der Waals surface area contributed by atoms with Gasteiger partial charge in [0.05, 0.1) is 7.11 Å². The topological polar surface area (TPSA) is 56.8 Å². The number of rotatable bonds is 1. The Balaban J connectivity index is 2.71. The maximum absolute atomic E-state index is 14.1. The van der Waals surface area contributed by atoms with E-state index in [0.29, 0.717) is 24.0 Å². The molecule has 84 valence electrons. The predicted molar refractivity (Wildman–Crippen MR) is 59.4 cm³/mol. The van der Waals surface area contributed by atoms with E-state index in [4.69, 9.17) is 15.3 Å². The molecule has 0 aliphatic heterocycles. The molecule has 0 fully saturated rings. The summed E-state index contributed by atoms with van der Waals surface area (Å²) < 4.78 is 19.0. The summed E-state index contributed by atoms with van der Waals surface area (Å²) in [4.78, 5) is 0. The summed E-state index contributed by atoms with van der Waals surface area (Å²) in [7, 11) is 1.39. The molecule has 17 heavy (non-hydrogen) atoms. The van der Waals surface area contributed by atoms with Gasteiger partial charge in [-0.05, 0) is 30.0 Å². The lowest BCUT2D eigenvalue weighted by Gasteiger charge is -2.07. The molecule has 0 heterocycles. The minimum absolute atomic E-state index is 0.0177. The average Bonchev–Trinajstić information content (AvgIpc) is 2.76. The number of nitriles is 2. The Hall–Kier alpha value is -2.33. The van der Waals surface area contributed by atoms with Crippen LogP contribution < -0.4 is 4.74 Å². The fourth-order valence-corrected chi connectivity index (χ4v) is 2.08. The van der Waals surface area contributed by atoms with Crippen molar-refractivity contribution in [2.75, 3.05) is 7.11 Å². The molecule has 0 spiro atoms. The lowest BCUT2D eigenvalue weighted by atomic mass is 10.0. The van der Waals surface area contributed by atoms with E-state index < -0.39 is 5.82 Å². The molecule has 0 amide bonds. The van der Waals surface area contributed by atoms with E-state index in [1.807, 2.05) is 12.1 Å². The molecule has 4 heteroatoms. The Morgan fingerprint density at radius 2 is 2.00 bits per heavy atom. The summed E-state index contributed by atoms with van der Waals surface area (Å²) in [5, 5.41) is 17.7. The summed E-state index contributed by atoms with van der Waals surface area (Å²) in [6.45, 7) is 0. The first-order valence-electron chi connectivity index (χ1n) is 5.12. The van der Waals surface area contributed by atoms with E-state index >= 15 is 0 Å². The van der Waals surface area contributed by atoms with Crippen molar-refractivity contribution in [2.24, 2.45) is 0 Å². The van der Waals surface area contributed by atoms with E-state index in [1.165, 1.54) is 7.11 Å². The van der Waals surface area contributed by atoms with Crippen LogP contribution in [0.15, 0.2) is 17.7 Å². The quantitative estimate of drug-likeness (QED) is 0.694. The first-order valence-corrected chi connectivity index (χ1v) is 5.12. The number of allylic oxidation sites excluding steroid dienone is 2. The lowest BCUT2D eigenvalue weighted by molar-refractivity contribution is 0.386. The van der Waals surface area contributed by atoms with Gasteiger partial charge in [0.2, 0.25) is 0 Å².